The third-order valence-corrected chi connectivity index (χ3v) is 6.27. The summed E-state index contributed by atoms with van der Waals surface area (Å²) in [6.45, 7) is 0. The van der Waals surface area contributed by atoms with Crippen LogP contribution in [0.3, 0.4) is 0 Å². The fourth-order valence-electron chi connectivity index (χ4n) is 4.22. The fourth-order valence-corrected chi connectivity index (χ4v) is 4.22. The van der Waals surface area contributed by atoms with Crippen LogP contribution in [0.5, 0.6) is 11.6 Å². The minimum absolute atomic E-state index is 0.0939. The molecule has 0 saturated heterocycles. The standard InChI is InChI=1S/C27H28N4O2/c28-25-12-8-22(17-29-25)27(32)31-23-10-4-18(5-11-23)14-19-2-1-3-24(15-19)33-26-13-9-21(16-30-26)20-6-7-20/h1-3,8-9,12-17,20,23H,4-7,10-11H2,(H2,28,29)(H,31,32). The predicted octanol–water partition coefficient (Wildman–Crippen LogP) is 5.48. The van der Waals surface area contributed by atoms with Gasteiger partial charge in [-0.3, -0.25) is 4.79 Å². The second kappa shape index (κ2) is 9.45. The van der Waals surface area contributed by atoms with Crippen LogP contribution in [0.4, 0.5) is 5.82 Å². The highest BCUT2D eigenvalue weighted by Gasteiger charge is 2.23. The Morgan fingerprint density at radius 2 is 1.85 bits per heavy atom. The number of carbonyl (C=O) groups excluding carboxylic acids is 1. The number of nitrogens with one attached hydrogen (secondary N) is 1. The van der Waals surface area contributed by atoms with Crippen molar-refractivity contribution in [1.29, 1.82) is 0 Å². The topological polar surface area (TPSA) is 90.1 Å². The zero-order valence-corrected chi connectivity index (χ0v) is 18.5. The average Bonchev–Trinajstić information content (AvgIpc) is 3.67. The molecule has 1 amide bonds. The number of benzene rings is 1. The van der Waals surface area contributed by atoms with Gasteiger partial charge in [-0.25, -0.2) is 9.97 Å². The molecule has 5 rings (SSSR count). The molecule has 2 aliphatic rings. The van der Waals surface area contributed by atoms with Crippen molar-refractivity contribution >= 4 is 17.8 Å². The maximum Gasteiger partial charge on any atom is 0.253 e. The van der Waals surface area contributed by atoms with Crippen LogP contribution in [-0.2, 0) is 0 Å². The lowest BCUT2D eigenvalue weighted by molar-refractivity contribution is 0.0930. The van der Waals surface area contributed by atoms with Crippen molar-refractivity contribution in [1.82, 2.24) is 15.3 Å². The molecule has 3 N–H and O–H groups in total. The van der Waals surface area contributed by atoms with E-state index in [4.69, 9.17) is 10.5 Å². The summed E-state index contributed by atoms with van der Waals surface area (Å²) in [5.41, 5.74) is 9.94. The molecule has 0 unspecified atom stereocenters. The molecule has 168 valence electrons. The van der Waals surface area contributed by atoms with E-state index >= 15 is 0 Å². The third kappa shape index (κ3) is 5.58. The monoisotopic (exact) mass is 440 g/mol. The number of amides is 1. The SMILES string of the molecule is Nc1ccc(C(=O)NC2CCC(=Cc3cccc(Oc4ccc(C5CC5)cn4)c3)CC2)cn1. The molecule has 2 aromatic heterocycles. The van der Waals surface area contributed by atoms with Crippen LogP contribution in [0, 0.1) is 0 Å². The van der Waals surface area contributed by atoms with Gasteiger partial charge in [0, 0.05) is 24.5 Å². The first-order chi connectivity index (χ1) is 16.1. The van der Waals surface area contributed by atoms with Gasteiger partial charge in [0.25, 0.3) is 5.91 Å². The van der Waals surface area contributed by atoms with Crippen LogP contribution in [0.1, 0.15) is 65.9 Å². The second-order valence-electron chi connectivity index (χ2n) is 8.90. The molecule has 3 aromatic rings. The number of aromatic nitrogens is 2. The Hall–Kier alpha value is -3.67. The van der Waals surface area contributed by atoms with E-state index in [0.717, 1.165) is 37.0 Å². The van der Waals surface area contributed by atoms with Crippen LogP contribution < -0.4 is 15.8 Å². The largest absolute Gasteiger partial charge is 0.439 e. The van der Waals surface area contributed by atoms with E-state index in [1.807, 2.05) is 30.5 Å². The number of hydrogen-bond acceptors (Lipinski definition) is 5. The Bertz CT molecular complexity index is 1140. The third-order valence-electron chi connectivity index (χ3n) is 6.27. The van der Waals surface area contributed by atoms with Gasteiger partial charge in [-0.05, 0) is 79.8 Å². The fraction of sp³-hybridized carbons (Fsp3) is 0.296. The van der Waals surface area contributed by atoms with Crippen LogP contribution in [-0.4, -0.2) is 21.9 Å². The van der Waals surface area contributed by atoms with E-state index in [9.17, 15) is 4.79 Å². The van der Waals surface area contributed by atoms with Gasteiger partial charge in [0.2, 0.25) is 5.88 Å². The first kappa shape index (κ1) is 21.2. The maximum absolute atomic E-state index is 12.4. The highest BCUT2D eigenvalue weighted by atomic mass is 16.5. The van der Waals surface area contributed by atoms with E-state index < -0.39 is 0 Å². The summed E-state index contributed by atoms with van der Waals surface area (Å²) in [7, 11) is 0. The lowest BCUT2D eigenvalue weighted by atomic mass is 9.89. The van der Waals surface area contributed by atoms with E-state index in [2.05, 4.69) is 33.5 Å². The van der Waals surface area contributed by atoms with Gasteiger partial charge in [0.1, 0.15) is 11.6 Å². The molecule has 33 heavy (non-hydrogen) atoms. The highest BCUT2D eigenvalue weighted by Crippen LogP contribution is 2.40. The van der Waals surface area contributed by atoms with E-state index in [0.29, 0.717) is 23.2 Å². The van der Waals surface area contributed by atoms with Crippen molar-refractivity contribution in [2.24, 2.45) is 0 Å². The summed E-state index contributed by atoms with van der Waals surface area (Å²) in [6, 6.07) is 15.7. The average molecular weight is 441 g/mol. The van der Waals surface area contributed by atoms with Crippen LogP contribution >= 0.6 is 0 Å². The first-order valence-electron chi connectivity index (χ1n) is 11.6. The number of hydrogen-bond donors (Lipinski definition) is 2. The molecule has 6 heteroatoms. The predicted molar refractivity (Wildman–Crippen MR) is 129 cm³/mol. The van der Waals surface area contributed by atoms with Gasteiger partial charge in [-0.2, -0.15) is 0 Å². The molecule has 6 nitrogen and oxygen atoms in total. The number of pyridine rings is 2. The number of ether oxygens (including phenoxy) is 1. The van der Waals surface area contributed by atoms with Crippen LogP contribution in [0.2, 0.25) is 0 Å². The lowest BCUT2D eigenvalue weighted by Gasteiger charge is -2.25. The van der Waals surface area contributed by atoms with E-state index in [1.54, 1.807) is 12.1 Å². The number of rotatable bonds is 6. The first-order valence-corrected chi connectivity index (χ1v) is 11.6. The van der Waals surface area contributed by atoms with Crippen molar-refractivity contribution in [3.05, 3.63) is 83.2 Å². The number of nitrogens with zero attached hydrogens (tertiary/aromatic N) is 2. The Kier molecular flexibility index (Phi) is 6.07. The second-order valence-corrected chi connectivity index (χ2v) is 8.90. The molecule has 1 aromatic carbocycles. The summed E-state index contributed by atoms with van der Waals surface area (Å²) in [5.74, 6) is 2.42. The van der Waals surface area contributed by atoms with Crippen molar-refractivity contribution in [2.45, 2.75) is 50.5 Å². The van der Waals surface area contributed by atoms with Gasteiger partial charge in [0.15, 0.2) is 0 Å². The number of nitrogens with two attached hydrogens (primary N) is 1. The lowest BCUT2D eigenvalue weighted by Crippen LogP contribution is -2.36. The Labute approximate surface area is 193 Å². The minimum atomic E-state index is -0.0939. The normalized spacial score (nSPS) is 17.9. The minimum Gasteiger partial charge on any atom is -0.439 e. The number of carbonyl (C=O) groups is 1. The quantitative estimate of drug-likeness (QED) is 0.529. The molecule has 0 aliphatic heterocycles. The van der Waals surface area contributed by atoms with Gasteiger partial charge < -0.3 is 15.8 Å². The summed E-state index contributed by atoms with van der Waals surface area (Å²) in [4.78, 5) is 20.9. The number of allylic oxidation sites excluding steroid dienone is 1. The summed E-state index contributed by atoms with van der Waals surface area (Å²) < 4.78 is 5.97. The van der Waals surface area contributed by atoms with E-state index in [1.165, 1.54) is 30.2 Å². The molecular weight excluding hydrogens is 412 g/mol. The number of anilines is 1. The molecule has 2 aliphatic carbocycles. The van der Waals surface area contributed by atoms with Gasteiger partial charge in [-0.1, -0.05) is 29.8 Å². The van der Waals surface area contributed by atoms with Crippen molar-refractivity contribution in [3.63, 3.8) is 0 Å². The van der Waals surface area contributed by atoms with Gasteiger partial charge in [0.05, 0.1) is 5.56 Å². The van der Waals surface area contributed by atoms with Crippen molar-refractivity contribution < 1.29 is 9.53 Å². The molecule has 0 atom stereocenters. The van der Waals surface area contributed by atoms with Crippen molar-refractivity contribution in [2.75, 3.05) is 5.73 Å². The molecule has 2 fully saturated rings. The van der Waals surface area contributed by atoms with Gasteiger partial charge in [-0.15, -0.1) is 0 Å². The van der Waals surface area contributed by atoms with Crippen LogP contribution in [0.15, 0.2) is 66.5 Å². The summed E-state index contributed by atoms with van der Waals surface area (Å²) >= 11 is 0. The van der Waals surface area contributed by atoms with E-state index in [-0.39, 0.29) is 11.9 Å². The van der Waals surface area contributed by atoms with Crippen LogP contribution in [0.25, 0.3) is 6.08 Å². The molecule has 0 bridgehead atoms. The summed E-state index contributed by atoms with van der Waals surface area (Å²) in [6.07, 6.45) is 12.0. The zero-order valence-electron chi connectivity index (χ0n) is 18.5. The summed E-state index contributed by atoms with van der Waals surface area (Å²) in [5, 5.41) is 3.12. The Morgan fingerprint density at radius 3 is 2.55 bits per heavy atom. The molecule has 2 saturated carbocycles. The van der Waals surface area contributed by atoms with Gasteiger partial charge >= 0.3 is 0 Å². The molecule has 2 heterocycles. The zero-order chi connectivity index (χ0) is 22.6. The maximum atomic E-state index is 12.4. The van der Waals surface area contributed by atoms with Crippen molar-refractivity contribution in [3.8, 4) is 11.6 Å². The molecule has 0 radical (unpaired) electrons. The highest BCUT2D eigenvalue weighted by molar-refractivity contribution is 5.94. The Balaban J connectivity index is 1.15. The Morgan fingerprint density at radius 1 is 1.00 bits per heavy atom. The molecular formula is C27H28N4O2. The smallest absolute Gasteiger partial charge is 0.253 e. The molecule has 0 spiro atoms. The number of nitrogen functional groups attached to an aromatic ring is 1.